The molecule has 3 rings (SSSR count). The van der Waals surface area contributed by atoms with Gasteiger partial charge >= 0.3 is 6.18 Å². The molecule has 0 unspecified atom stereocenters. The van der Waals surface area contributed by atoms with Crippen LogP contribution in [0.1, 0.15) is 21.7 Å². The van der Waals surface area contributed by atoms with Crippen LogP contribution >= 0.6 is 0 Å². The van der Waals surface area contributed by atoms with Crippen LogP contribution in [0.5, 0.6) is 5.75 Å². The zero-order valence-electron chi connectivity index (χ0n) is 14.0. The highest BCUT2D eigenvalue weighted by Gasteiger charge is 2.30. The van der Waals surface area contributed by atoms with Crippen LogP contribution in [0.4, 0.5) is 13.2 Å². The topological polar surface area (TPSA) is 69.0 Å². The van der Waals surface area contributed by atoms with Crippen molar-refractivity contribution in [2.24, 2.45) is 0 Å². The molecule has 0 bridgehead atoms. The first-order valence-electron chi connectivity index (χ1n) is 7.93. The van der Waals surface area contributed by atoms with Gasteiger partial charge in [-0.2, -0.15) is 18.3 Å². The largest absolute Gasteiger partial charge is 0.471 e. The fraction of sp³-hybridized carbons (Fsp3) is 0.167. The fourth-order valence-corrected chi connectivity index (χ4v) is 2.22. The molecule has 0 atom stereocenters. The number of pyridine rings is 1. The molecule has 0 fully saturated rings. The minimum Gasteiger partial charge on any atom is -0.471 e. The van der Waals surface area contributed by atoms with Crippen molar-refractivity contribution in [3.05, 3.63) is 77.9 Å². The summed E-state index contributed by atoms with van der Waals surface area (Å²) in [4.78, 5) is 16.2. The third-order valence-electron chi connectivity index (χ3n) is 3.55. The van der Waals surface area contributed by atoms with Gasteiger partial charge < -0.3 is 10.1 Å². The van der Waals surface area contributed by atoms with Crippen LogP contribution in [-0.4, -0.2) is 20.7 Å². The molecule has 0 aliphatic carbocycles. The fourth-order valence-electron chi connectivity index (χ4n) is 2.22. The molecule has 0 aliphatic rings. The molecule has 27 heavy (non-hydrogen) atoms. The van der Waals surface area contributed by atoms with E-state index in [0.29, 0.717) is 5.69 Å². The summed E-state index contributed by atoms with van der Waals surface area (Å²) in [7, 11) is 0. The molecule has 3 aromatic rings. The van der Waals surface area contributed by atoms with Crippen molar-refractivity contribution in [2.45, 2.75) is 19.5 Å². The van der Waals surface area contributed by atoms with Crippen LogP contribution in [0.3, 0.4) is 0 Å². The number of hydrogen-bond donors (Lipinski definition) is 1. The van der Waals surface area contributed by atoms with Gasteiger partial charge in [0.05, 0.1) is 17.8 Å². The van der Waals surface area contributed by atoms with Crippen molar-refractivity contribution < 1.29 is 22.7 Å². The summed E-state index contributed by atoms with van der Waals surface area (Å²) >= 11 is 0. The number of nitrogens with zero attached hydrogens (tertiary/aromatic N) is 3. The minimum absolute atomic E-state index is 0.0569. The number of aromatic nitrogens is 3. The summed E-state index contributed by atoms with van der Waals surface area (Å²) in [6.07, 6.45) is -1.31. The summed E-state index contributed by atoms with van der Waals surface area (Å²) in [5.74, 6) is -0.333. The Morgan fingerprint density at radius 1 is 1.15 bits per heavy atom. The van der Waals surface area contributed by atoms with E-state index in [1.54, 1.807) is 18.3 Å². The second kappa shape index (κ2) is 7.90. The number of alkyl halides is 3. The van der Waals surface area contributed by atoms with Crippen LogP contribution in [0.2, 0.25) is 0 Å². The first-order valence-corrected chi connectivity index (χ1v) is 7.93. The number of rotatable bonds is 6. The summed E-state index contributed by atoms with van der Waals surface area (Å²) in [6.45, 7) is 0.127. The summed E-state index contributed by atoms with van der Waals surface area (Å²) in [5.41, 5.74) is 0.0757. The zero-order chi connectivity index (χ0) is 19.3. The average molecular weight is 376 g/mol. The van der Waals surface area contributed by atoms with Crippen LogP contribution in [0.25, 0.3) is 0 Å². The number of nitrogens with one attached hydrogen (secondary N) is 1. The Balaban J connectivity index is 1.56. The van der Waals surface area contributed by atoms with Crippen LogP contribution in [0, 0.1) is 0 Å². The minimum atomic E-state index is -4.44. The van der Waals surface area contributed by atoms with E-state index >= 15 is 0 Å². The van der Waals surface area contributed by atoms with Gasteiger partial charge in [-0.1, -0.05) is 12.1 Å². The summed E-state index contributed by atoms with van der Waals surface area (Å²) < 4.78 is 44.7. The summed E-state index contributed by atoms with van der Waals surface area (Å²) in [5, 5.41) is 6.73. The Hall–Kier alpha value is -3.36. The maximum absolute atomic E-state index is 12.7. The highest BCUT2D eigenvalue weighted by atomic mass is 19.4. The van der Waals surface area contributed by atoms with Crippen LogP contribution in [-0.2, 0) is 19.5 Å². The van der Waals surface area contributed by atoms with Crippen molar-refractivity contribution in [1.82, 2.24) is 20.1 Å². The van der Waals surface area contributed by atoms with E-state index in [2.05, 4.69) is 15.4 Å². The Morgan fingerprint density at radius 3 is 2.74 bits per heavy atom. The molecule has 1 amide bonds. The lowest BCUT2D eigenvalue weighted by Gasteiger charge is -2.10. The smallest absolute Gasteiger partial charge is 0.416 e. The predicted octanol–water partition coefficient (Wildman–Crippen LogP) is 3.26. The van der Waals surface area contributed by atoms with Crippen molar-refractivity contribution in [2.75, 3.05) is 0 Å². The van der Waals surface area contributed by atoms with E-state index < -0.39 is 17.6 Å². The maximum atomic E-state index is 12.7. The van der Waals surface area contributed by atoms with Gasteiger partial charge in [-0.25, -0.2) is 4.68 Å². The molecular formula is C18H15F3N4O2. The standard InChI is InChI=1S/C18H15F3N4O2/c19-18(20,21)13-4-3-6-15(10-13)27-12-25-9-7-16(24-25)17(26)23-11-14-5-1-2-8-22-14/h1-10H,11-12H2,(H,23,26). The maximum Gasteiger partial charge on any atom is 0.416 e. The number of carbonyl (C=O) groups is 1. The van der Waals surface area contributed by atoms with Crippen molar-refractivity contribution in [3.63, 3.8) is 0 Å². The molecule has 1 N–H and O–H groups in total. The van der Waals surface area contributed by atoms with Gasteiger partial charge in [0.25, 0.3) is 5.91 Å². The molecule has 0 saturated heterocycles. The van der Waals surface area contributed by atoms with Gasteiger partial charge in [-0.3, -0.25) is 9.78 Å². The monoisotopic (exact) mass is 376 g/mol. The lowest BCUT2D eigenvalue weighted by atomic mass is 10.2. The van der Waals surface area contributed by atoms with Gasteiger partial charge in [0.2, 0.25) is 0 Å². The van der Waals surface area contributed by atoms with E-state index in [1.807, 2.05) is 6.07 Å². The quantitative estimate of drug-likeness (QED) is 0.717. The molecule has 0 spiro atoms. The molecule has 2 heterocycles. The predicted molar refractivity (Wildman–Crippen MR) is 89.7 cm³/mol. The van der Waals surface area contributed by atoms with E-state index in [9.17, 15) is 18.0 Å². The average Bonchev–Trinajstić information content (AvgIpc) is 3.14. The third-order valence-corrected chi connectivity index (χ3v) is 3.55. The molecule has 0 radical (unpaired) electrons. The van der Waals surface area contributed by atoms with E-state index in [4.69, 9.17) is 4.74 Å². The lowest BCUT2D eigenvalue weighted by molar-refractivity contribution is -0.137. The van der Waals surface area contributed by atoms with Gasteiger partial charge in [0.15, 0.2) is 6.73 Å². The number of halogens is 3. The number of hydrogen-bond acceptors (Lipinski definition) is 4. The van der Waals surface area contributed by atoms with E-state index in [-0.39, 0.29) is 24.7 Å². The SMILES string of the molecule is O=C(NCc1ccccn1)c1ccn(COc2cccc(C(F)(F)F)c2)n1. The highest BCUT2D eigenvalue weighted by Crippen LogP contribution is 2.31. The van der Waals surface area contributed by atoms with E-state index in [1.165, 1.54) is 29.1 Å². The van der Waals surface area contributed by atoms with Crippen molar-refractivity contribution in [3.8, 4) is 5.75 Å². The Kier molecular flexibility index (Phi) is 5.39. The van der Waals surface area contributed by atoms with E-state index in [0.717, 1.165) is 12.1 Å². The second-order valence-electron chi connectivity index (χ2n) is 5.54. The number of amides is 1. The number of ether oxygens (including phenoxy) is 1. The first-order chi connectivity index (χ1) is 12.9. The summed E-state index contributed by atoms with van der Waals surface area (Å²) in [6, 6.07) is 11.4. The molecule has 2 aromatic heterocycles. The number of carbonyl (C=O) groups excluding carboxylic acids is 1. The second-order valence-corrected chi connectivity index (χ2v) is 5.54. The van der Waals surface area contributed by atoms with Gasteiger partial charge in [-0.05, 0) is 36.4 Å². The molecular weight excluding hydrogens is 361 g/mol. The lowest BCUT2D eigenvalue weighted by Crippen LogP contribution is -2.24. The van der Waals surface area contributed by atoms with Gasteiger partial charge in [0.1, 0.15) is 11.4 Å². The molecule has 9 heteroatoms. The molecule has 6 nitrogen and oxygen atoms in total. The molecule has 1 aromatic carbocycles. The van der Waals surface area contributed by atoms with Gasteiger partial charge in [0, 0.05) is 12.4 Å². The van der Waals surface area contributed by atoms with Crippen LogP contribution < -0.4 is 10.1 Å². The van der Waals surface area contributed by atoms with Crippen molar-refractivity contribution in [1.29, 1.82) is 0 Å². The number of benzene rings is 1. The normalized spacial score (nSPS) is 11.2. The van der Waals surface area contributed by atoms with Crippen molar-refractivity contribution >= 4 is 5.91 Å². The van der Waals surface area contributed by atoms with Crippen LogP contribution in [0.15, 0.2) is 60.9 Å². The van der Waals surface area contributed by atoms with Gasteiger partial charge in [-0.15, -0.1) is 0 Å². The zero-order valence-corrected chi connectivity index (χ0v) is 14.0. The molecule has 0 aliphatic heterocycles. The first kappa shape index (κ1) is 18.4. The molecule has 0 saturated carbocycles. The Bertz CT molecular complexity index is 910. The Labute approximate surface area is 152 Å². The molecule has 140 valence electrons. The Morgan fingerprint density at radius 2 is 2.00 bits per heavy atom. The highest BCUT2D eigenvalue weighted by molar-refractivity contribution is 5.92. The third kappa shape index (κ3) is 5.06.